The van der Waals surface area contributed by atoms with Gasteiger partial charge in [-0.3, -0.25) is 0 Å². The van der Waals surface area contributed by atoms with Crippen LogP contribution in [0.5, 0.6) is 0 Å². The fraction of sp³-hybridized carbons (Fsp3) is 0.636. The van der Waals surface area contributed by atoms with Crippen molar-refractivity contribution >= 4 is 38.9 Å². The number of hydrogen-bond acceptors (Lipinski definition) is 1. The van der Waals surface area contributed by atoms with E-state index in [1.54, 1.807) is 0 Å². The van der Waals surface area contributed by atoms with Gasteiger partial charge in [0.25, 0.3) is 0 Å². The molecule has 1 heterocycles. The fourth-order valence-corrected chi connectivity index (χ4v) is 3.89. The van der Waals surface area contributed by atoms with E-state index in [2.05, 4.69) is 48.1 Å². The van der Waals surface area contributed by atoms with Gasteiger partial charge in [-0.2, -0.15) is 0 Å². The third kappa shape index (κ3) is 3.92. The van der Waals surface area contributed by atoms with Gasteiger partial charge in [0, 0.05) is 14.7 Å². The zero-order valence-electron chi connectivity index (χ0n) is 8.81. The minimum Gasteiger partial charge on any atom is -0.148 e. The van der Waals surface area contributed by atoms with E-state index in [0.29, 0.717) is 0 Å². The Labute approximate surface area is 104 Å². The van der Waals surface area contributed by atoms with Crippen LogP contribution in [0.3, 0.4) is 0 Å². The molecule has 0 spiro atoms. The molecule has 0 aliphatic heterocycles. The normalized spacial score (nSPS) is 14.4. The minimum atomic E-state index is 0.253. The molecule has 0 fully saturated rings. The van der Waals surface area contributed by atoms with Gasteiger partial charge in [-0.05, 0) is 52.6 Å². The van der Waals surface area contributed by atoms with E-state index in [-0.39, 0.29) is 10.8 Å². The maximum absolute atomic E-state index is 6.03. The van der Waals surface area contributed by atoms with Gasteiger partial charge in [0.1, 0.15) is 0 Å². The Morgan fingerprint density at radius 1 is 1.57 bits per heavy atom. The molecule has 1 rings (SSSR count). The van der Waals surface area contributed by atoms with E-state index < -0.39 is 0 Å². The molecule has 1 unspecified atom stereocenters. The molecule has 0 aliphatic rings. The predicted molar refractivity (Wildman–Crippen MR) is 69.4 cm³/mol. The lowest BCUT2D eigenvalue weighted by Crippen LogP contribution is -2.18. The third-order valence-electron chi connectivity index (χ3n) is 2.16. The van der Waals surface area contributed by atoms with E-state index in [9.17, 15) is 0 Å². The highest BCUT2D eigenvalue weighted by molar-refractivity contribution is 9.10. The summed E-state index contributed by atoms with van der Waals surface area (Å²) in [4.78, 5) is 1.42. The van der Waals surface area contributed by atoms with Crippen LogP contribution in [0.1, 0.15) is 32.1 Å². The van der Waals surface area contributed by atoms with Gasteiger partial charge < -0.3 is 0 Å². The second-order valence-corrected chi connectivity index (χ2v) is 7.12. The number of alkyl halides is 1. The lowest BCUT2D eigenvalue weighted by atomic mass is 9.84. The molecule has 0 radical (unpaired) electrons. The molecule has 1 aromatic heterocycles. The molecule has 14 heavy (non-hydrogen) atoms. The molecule has 0 aromatic carbocycles. The first-order chi connectivity index (χ1) is 6.41. The van der Waals surface area contributed by atoms with Crippen LogP contribution in [0.4, 0.5) is 0 Å². The summed E-state index contributed by atoms with van der Waals surface area (Å²) in [6.45, 7) is 6.61. The fourth-order valence-electron chi connectivity index (χ4n) is 1.72. The zero-order chi connectivity index (χ0) is 10.8. The number of thiophene rings is 1. The van der Waals surface area contributed by atoms with Crippen molar-refractivity contribution in [1.29, 1.82) is 0 Å². The van der Waals surface area contributed by atoms with Crippen LogP contribution >= 0.6 is 38.9 Å². The van der Waals surface area contributed by atoms with Crippen molar-refractivity contribution in [1.82, 2.24) is 0 Å². The maximum Gasteiger partial charge on any atom is 0.0314 e. The molecule has 0 N–H and O–H groups in total. The van der Waals surface area contributed by atoms with Crippen LogP contribution in [0, 0.1) is 5.41 Å². The quantitative estimate of drug-likeness (QED) is 0.678. The summed E-state index contributed by atoms with van der Waals surface area (Å²) in [5.74, 6) is 0. The molecular weight excluding hydrogens is 280 g/mol. The summed E-state index contributed by atoms with van der Waals surface area (Å²) in [7, 11) is 0. The summed E-state index contributed by atoms with van der Waals surface area (Å²) in [6, 6.07) is 2.11. The van der Waals surface area contributed by atoms with E-state index in [0.717, 1.165) is 12.8 Å². The van der Waals surface area contributed by atoms with Gasteiger partial charge >= 0.3 is 0 Å². The lowest BCUT2D eigenvalue weighted by molar-refractivity contribution is 0.333. The van der Waals surface area contributed by atoms with Crippen molar-refractivity contribution in [3.05, 3.63) is 20.8 Å². The standard InChI is InChI=1S/C11H16BrClS/c1-8(13)6-11(2,3)7-10-9(12)4-5-14-10/h4-5,8H,6-7H2,1-3H3. The van der Waals surface area contributed by atoms with Crippen LogP contribution in [0.2, 0.25) is 0 Å². The van der Waals surface area contributed by atoms with Crippen molar-refractivity contribution in [2.75, 3.05) is 0 Å². The Hall–Kier alpha value is 0.470. The highest BCUT2D eigenvalue weighted by Crippen LogP contribution is 2.34. The van der Waals surface area contributed by atoms with Gasteiger partial charge in [-0.1, -0.05) is 13.8 Å². The van der Waals surface area contributed by atoms with E-state index >= 15 is 0 Å². The summed E-state index contributed by atoms with van der Waals surface area (Å²) >= 11 is 11.4. The second-order valence-electron chi connectivity index (χ2n) is 4.52. The molecule has 0 amide bonds. The largest absolute Gasteiger partial charge is 0.148 e. The van der Waals surface area contributed by atoms with Gasteiger partial charge in [-0.25, -0.2) is 0 Å². The molecule has 0 saturated heterocycles. The van der Waals surface area contributed by atoms with Gasteiger partial charge in [0.15, 0.2) is 0 Å². The average molecular weight is 296 g/mol. The monoisotopic (exact) mass is 294 g/mol. The Kier molecular flexibility index (Phi) is 4.48. The van der Waals surface area contributed by atoms with Crippen molar-refractivity contribution in [2.45, 2.75) is 39.0 Å². The number of hydrogen-bond donors (Lipinski definition) is 0. The Balaban J connectivity index is 2.63. The first-order valence-corrected chi connectivity index (χ1v) is 6.87. The van der Waals surface area contributed by atoms with Crippen LogP contribution in [-0.4, -0.2) is 5.38 Å². The Morgan fingerprint density at radius 3 is 2.64 bits per heavy atom. The van der Waals surface area contributed by atoms with Crippen molar-refractivity contribution in [3.63, 3.8) is 0 Å². The van der Waals surface area contributed by atoms with Gasteiger partial charge in [-0.15, -0.1) is 22.9 Å². The maximum atomic E-state index is 6.03. The summed E-state index contributed by atoms with van der Waals surface area (Å²) in [5.41, 5.74) is 0.286. The molecule has 0 saturated carbocycles. The van der Waals surface area contributed by atoms with Crippen molar-refractivity contribution < 1.29 is 0 Å². The van der Waals surface area contributed by atoms with Crippen LogP contribution in [0.25, 0.3) is 0 Å². The molecule has 80 valence electrons. The summed E-state index contributed by atoms with van der Waals surface area (Å²) in [5, 5.41) is 2.38. The lowest BCUT2D eigenvalue weighted by Gasteiger charge is -2.25. The highest BCUT2D eigenvalue weighted by atomic mass is 79.9. The van der Waals surface area contributed by atoms with Crippen molar-refractivity contribution in [3.8, 4) is 0 Å². The van der Waals surface area contributed by atoms with Crippen LogP contribution in [0.15, 0.2) is 15.9 Å². The Morgan fingerprint density at radius 2 is 2.21 bits per heavy atom. The minimum absolute atomic E-state index is 0.253. The highest BCUT2D eigenvalue weighted by Gasteiger charge is 2.22. The van der Waals surface area contributed by atoms with Gasteiger partial charge in [0.2, 0.25) is 0 Å². The average Bonchev–Trinajstić information content (AvgIpc) is 2.32. The molecule has 0 nitrogen and oxygen atoms in total. The summed E-state index contributed by atoms with van der Waals surface area (Å²) in [6.07, 6.45) is 2.15. The third-order valence-corrected chi connectivity index (χ3v) is 4.24. The first kappa shape index (κ1) is 12.5. The topological polar surface area (TPSA) is 0 Å². The zero-order valence-corrected chi connectivity index (χ0v) is 12.0. The molecule has 0 aliphatic carbocycles. The second kappa shape index (κ2) is 5.00. The molecule has 1 atom stereocenters. The van der Waals surface area contributed by atoms with Gasteiger partial charge in [0.05, 0.1) is 0 Å². The number of halogens is 2. The van der Waals surface area contributed by atoms with E-state index in [1.165, 1.54) is 9.35 Å². The predicted octanol–water partition coefficient (Wildman–Crippen LogP) is 5.10. The number of rotatable bonds is 4. The van der Waals surface area contributed by atoms with E-state index in [4.69, 9.17) is 11.6 Å². The van der Waals surface area contributed by atoms with Crippen molar-refractivity contribution in [2.24, 2.45) is 5.41 Å². The van der Waals surface area contributed by atoms with Crippen LogP contribution < -0.4 is 0 Å². The molecular formula is C11H16BrClS. The van der Waals surface area contributed by atoms with Crippen LogP contribution in [-0.2, 0) is 6.42 Å². The first-order valence-electron chi connectivity index (χ1n) is 4.77. The smallest absolute Gasteiger partial charge is 0.0314 e. The van der Waals surface area contributed by atoms with E-state index in [1.807, 2.05) is 11.3 Å². The SMILES string of the molecule is CC(Cl)CC(C)(C)Cc1sccc1Br. The molecule has 1 aromatic rings. The Bertz CT molecular complexity index is 291. The molecule has 0 bridgehead atoms. The molecule has 3 heteroatoms. The summed E-state index contributed by atoms with van der Waals surface area (Å²) < 4.78 is 1.23.